The van der Waals surface area contributed by atoms with Crippen molar-refractivity contribution in [2.24, 2.45) is 11.8 Å². The Balaban J connectivity index is 2.27. The first kappa shape index (κ1) is 16.4. The van der Waals surface area contributed by atoms with E-state index in [0.717, 1.165) is 19.3 Å². The Bertz CT molecular complexity index is 283. The fourth-order valence-electron chi connectivity index (χ4n) is 3.05. The molecule has 0 bridgehead atoms. The summed E-state index contributed by atoms with van der Waals surface area (Å²) in [7, 11) is 0. The monoisotopic (exact) mass is 266 g/mol. The standard InChI is InChI=1S/C17H30O2/c1-3-5-6-7-8-9-11-14-12-13-16(19)17(14)15(18)10-4-2/h12-15,17-18H,3-11H2,1-2H3. The summed E-state index contributed by atoms with van der Waals surface area (Å²) in [6, 6.07) is 0. The summed E-state index contributed by atoms with van der Waals surface area (Å²) in [6.07, 6.45) is 13.7. The zero-order valence-corrected chi connectivity index (χ0v) is 12.6. The van der Waals surface area contributed by atoms with Gasteiger partial charge >= 0.3 is 0 Å². The van der Waals surface area contributed by atoms with E-state index in [1.807, 2.05) is 6.08 Å². The SMILES string of the molecule is CCCCCCCCC1C=CC(=O)C1C(O)CCC. The van der Waals surface area contributed by atoms with Crippen LogP contribution < -0.4 is 0 Å². The maximum Gasteiger partial charge on any atom is 0.161 e. The number of carbonyl (C=O) groups is 1. The van der Waals surface area contributed by atoms with Crippen LogP contribution in [0.15, 0.2) is 12.2 Å². The van der Waals surface area contributed by atoms with E-state index in [-0.39, 0.29) is 17.6 Å². The van der Waals surface area contributed by atoms with Gasteiger partial charge in [0.2, 0.25) is 0 Å². The first-order valence-electron chi connectivity index (χ1n) is 8.10. The van der Waals surface area contributed by atoms with Gasteiger partial charge in [0.05, 0.1) is 12.0 Å². The molecule has 0 spiro atoms. The summed E-state index contributed by atoms with van der Waals surface area (Å²) >= 11 is 0. The van der Waals surface area contributed by atoms with Crippen molar-refractivity contribution < 1.29 is 9.90 Å². The Kier molecular flexibility index (Phi) is 8.04. The van der Waals surface area contributed by atoms with Crippen molar-refractivity contribution in [2.45, 2.75) is 77.7 Å². The van der Waals surface area contributed by atoms with E-state index in [1.54, 1.807) is 6.08 Å². The van der Waals surface area contributed by atoms with E-state index in [1.165, 1.54) is 38.5 Å². The lowest BCUT2D eigenvalue weighted by atomic mass is 9.84. The van der Waals surface area contributed by atoms with Crippen LogP contribution in [-0.2, 0) is 4.79 Å². The zero-order valence-electron chi connectivity index (χ0n) is 12.6. The Morgan fingerprint density at radius 1 is 1.11 bits per heavy atom. The maximum atomic E-state index is 11.8. The van der Waals surface area contributed by atoms with Gasteiger partial charge in [-0.15, -0.1) is 0 Å². The van der Waals surface area contributed by atoms with Gasteiger partial charge in [0, 0.05) is 0 Å². The summed E-state index contributed by atoms with van der Waals surface area (Å²) in [6.45, 7) is 4.29. The van der Waals surface area contributed by atoms with Gasteiger partial charge in [0.1, 0.15) is 0 Å². The molecule has 0 amide bonds. The molecular weight excluding hydrogens is 236 g/mol. The highest BCUT2D eigenvalue weighted by molar-refractivity contribution is 5.94. The topological polar surface area (TPSA) is 37.3 Å². The lowest BCUT2D eigenvalue weighted by Crippen LogP contribution is -2.29. The third-order valence-electron chi connectivity index (χ3n) is 4.19. The molecule has 0 aliphatic heterocycles. The van der Waals surface area contributed by atoms with Gasteiger partial charge in [-0.05, 0) is 24.8 Å². The lowest BCUT2D eigenvalue weighted by molar-refractivity contribution is -0.122. The summed E-state index contributed by atoms with van der Waals surface area (Å²) in [5, 5.41) is 10.1. The average molecular weight is 266 g/mol. The van der Waals surface area contributed by atoms with Crippen molar-refractivity contribution in [2.75, 3.05) is 0 Å². The first-order chi connectivity index (χ1) is 9.20. The smallest absolute Gasteiger partial charge is 0.161 e. The summed E-state index contributed by atoms with van der Waals surface area (Å²) in [5.41, 5.74) is 0. The predicted octanol–water partition coefficient (Wildman–Crippen LogP) is 4.27. The van der Waals surface area contributed by atoms with Gasteiger partial charge in [-0.2, -0.15) is 0 Å². The highest BCUT2D eigenvalue weighted by atomic mass is 16.3. The highest BCUT2D eigenvalue weighted by Gasteiger charge is 2.34. The van der Waals surface area contributed by atoms with Crippen LogP contribution in [0.4, 0.5) is 0 Å². The van der Waals surface area contributed by atoms with E-state index in [0.29, 0.717) is 0 Å². The molecule has 3 atom stereocenters. The largest absolute Gasteiger partial charge is 0.392 e. The normalized spacial score (nSPS) is 24.1. The quantitative estimate of drug-likeness (QED) is 0.600. The second-order valence-corrected chi connectivity index (χ2v) is 5.86. The molecule has 0 saturated carbocycles. The van der Waals surface area contributed by atoms with E-state index in [4.69, 9.17) is 0 Å². The Morgan fingerprint density at radius 3 is 2.47 bits per heavy atom. The molecule has 0 fully saturated rings. The van der Waals surface area contributed by atoms with Crippen LogP contribution in [0, 0.1) is 11.8 Å². The Morgan fingerprint density at radius 2 is 1.79 bits per heavy atom. The lowest BCUT2D eigenvalue weighted by Gasteiger charge is -2.23. The molecule has 19 heavy (non-hydrogen) atoms. The van der Waals surface area contributed by atoms with Gasteiger partial charge < -0.3 is 5.11 Å². The van der Waals surface area contributed by atoms with Crippen molar-refractivity contribution in [3.8, 4) is 0 Å². The fourth-order valence-corrected chi connectivity index (χ4v) is 3.05. The molecule has 1 rings (SSSR count). The molecule has 0 aromatic carbocycles. The molecule has 1 aliphatic carbocycles. The number of hydrogen-bond donors (Lipinski definition) is 1. The predicted molar refractivity (Wildman–Crippen MR) is 80.0 cm³/mol. The summed E-state index contributed by atoms with van der Waals surface area (Å²) in [5.74, 6) is 0.257. The molecule has 1 aliphatic rings. The highest BCUT2D eigenvalue weighted by Crippen LogP contribution is 2.31. The van der Waals surface area contributed by atoms with E-state index in [2.05, 4.69) is 13.8 Å². The fraction of sp³-hybridized carbons (Fsp3) is 0.824. The molecule has 0 radical (unpaired) electrons. The minimum atomic E-state index is -0.447. The molecule has 0 saturated heterocycles. The van der Waals surface area contributed by atoms with Gasteiger partial charge in [0.25, 0.3) is 0 Å². The van der Waals surface area contributed by atoms with Crippen LogP contribution in [0.3, 0.4) is 0 Å². The van der Waals surface area contributed by atoms with E-state index >= 15 is 0 Å². The first-order valence-corrected chi connectivity index (χ1v) is 8.10. The number of carbonyl (C=O) groups excluding carboxylic acids is 1. The number of ketones is 1. The second kappa shape index (κ2) is 9.30. The molecule has 0 heterocycles. The third-order valence-corrected chi connectivity index (χ3v) is 4.19. The number of aliphatic hydroxyl groups is 1. The van der Waals surface area contributed by atoms with E-state index < -0.39 is 6.10 Å². The molecule has 0 aromatic rings. The van der Waals surface area contributed by atoms with Crippen molar-refractivity contribution in [1.82, 2.24) is 0 Å². The third kappa shape index (κ3) is 5.48. The second-order valence-electron chi connectivity index (χ2n) is 5.86. The van der Waals surface area contributed by atoms with Crippen LogP contribution in [0.25, 0.3) is 0 Å². The van der Waals surface area contributed by atoms with Crippen molar-refractivity contribution in [1.29, 1.82) is 0 Å². The number of aliphatic hydroxyl groups excluding tert-OH is 1. The molecule has 2 heteroatoms. The van der Waals surface area contributed by atoms with Crippen molar-refractivity contribution >= 4 is 5.78 Å². The Labute approximate surface area is 118 Å². The van der Waals surface area contributed by atoms with Crippen molar-refractivity contribution in [3.05, 3.63) is 12.2 Å². The van der Waals surface area contributed by atoms with E-state index in [9.17, 15) is 9.90 Å². The van der Waals surface area contributed by atoms with Crippen LogP contribution in [-0.4, -0.2) is 17.0 Å². The molecule has 1 N–H and O–H groups in total. The number of rotatable bonds is 10. The van der Waals surface area contributed by atoms with Gasteiger partial charge in [-0.1, -0.05) is 64.9 Å². The average Bonchev–Trinajstić information content (AvgIpc) is 2.75. The molecule has 2 nitrogen and oxygen atoms in total. The van der Waals surface area contributed by atoms with Crippen LogP contribution in [0.1, 0.15) is 71.6 Å². The van der Waals surface area contributed by atoms with Crippen LogP contribution in [0.5, 0.6) is 0 Å². The van der Waals surface area contributed by atoms with Crippen molar-refractivity contribution in [3.63, 3.8) is 0 Å². The summed E-state index contributed by atoms with van der Waals surface area (Å²) in [4.78, 5) is 11.8. The molecule has 110 valence electrons. The zero-order chi connectivity index (χ0) is 14.1. The number of hydrogen-bond acceptors (Lipinski definition) is 2. The number of allylic oxidation sites excluding steroid dienone is 2. The minimum absolute atomic E-state index is 0.136. The molecule has 3 unspecified atom stereocenters. The minimum Gasteiger partial charge on any atom is -0.392 e. The molecule has 0 aromatic heterocycles. The number of unbranched alkanes of at least 4 members (excludes halogenated alkanes) is 5. The van der Waals surface area contributed by atoms with Gasteiger partial charge in [-0.25, -0.2) is 0 Å². The van der Waals surface area contributed by atoms with Gasteiger partial charge in [0.15, 0.2) is 5.78 Å². The van der Waals surface area contributed by atoms with Crippen LogP contribution in [0.2, 0.25) is 0 Å². The maximum absolute atomic E-state index is 11.8. The Hall–Kier alpha value is -0.630. The van der Waals surface area contributed by atoms with Crippen LogP contribution >= 0.6 is 0 Å². The summed E-state index contributed by atoms with van der Waals surface area (Å²) < 4.78 is 0. The molecular formula is C17H30O2. The van der Waals surface area contributed by atoms with Gasteiger partial charge in [-0.3, -0.25) is 4.79 Å².